The van der Waals surface area contributed by atoms with Crippen LogP contribution in [0.4, 0.5) is 0 Å². The molecule has 0 fully saturated rings. The van der Waals surface area contributed by atoms with Crippen LogP contribution in [0.1, 0.15) is 10.4 Å². The molecule has 1 N–H and O–H groups in total. The first-order chi connectivity index (χ1) is 8.20. The van der Waals surface area contributed by atoms with E-state index in [0.29, 0.717) is 5.75 Å². The Morgan fingerprint density at radius 1 is 1.18 bits per heavy atom. The second kappa shape index (κ2) is 6.72. The van der Waals surface area contributed by atoms with Gasteiger partial charge in [0.2, 0.25) is 0 Å². The first-order valence-corrected chi connectivity index (χ1v) is 4.80. The minimum Gasteiger partial charge on any atom is -0.478 e. The standard InChI is InChI=1S/C11H14O6/c1-14-6-16-9-5-3-4-8(11(12)13)10(9)17-7-15-2/h3-5H,6-7H2,1-2H3,(H,12,13). The van der Waals surface area contributed by atoms with Gasteiger partial charge in [0.15, 0.2) is 25.1 Å². The summed E-state index contributed by atoms with van der Waals surface area (Å²) in [5, 5.41) is 9.01. The molecule has 0 radical (unpaired) electrons. The van der Waals surface area contributed by atoms with Gasteiger partial charge in [-0.25, -0.2) is 4.79 Å². The fourth-order valence-electron chi connectivity index (χ4n) is 1.19. The van der Waals surface area contributed by atoms with Crippen molar-refractivity contribution in [3.05, 3.63) is 23.8 Å². The molecule has 17 heavy (non-hydrogen) atoms. The molecule has 1 rings (SSSR count). The number of carbonyl (C=O) groups is 1. The van der Waals surface area contributed by atoms with Gasteiger partial charge in [-0.05, 0) is 12.1 Å². The number of ether oxygens (including phenoxy) is 4. The van der Waals surface area contributed by atoms with E-state index in [1.807, 2.05) is 0 Å². The Balaban J connectivity index is 3.00. The lowest BCUT2D eigenvalue weighted by atomic mass is 10.2. The number of rotatable bonds is 7. The van der Waals surface area contributed by atoms with E-state index >= 15 is 0 Å². The maximum atomic E-state index is 11.0. The number of carboxylic acids is 1. The van der Waals surface area contributed by atoms with E-state index in [4.69, 9.17) is 24.1 Å². The Morgan fingerprint density at radius 3 is 2.41 bits per heavy atom. The summed E-state index contributed by atoms with van der Waals surface area (Å²) in [6.45, 7) is -0.0555. The monoisotopic (exact) mass is 242 g/mol. The SMILES string of the molecule is COCOc1cccc(C(=O)O)c1OCOC. The lowest BCUT2D eigenvalue weighted by Gasteiger charge is -2.13. The van der Waals surface area contributed by atoms with Crippen molar-refractivity contribution in [1.82, 2.24) is 0 Å². The second-order valence-electron chi connectivity index (χ2n) is 3.04. The maximum absolute atomic E-state index is 11.0. The molecule has 0 heterocycles. The summed E-state index contributed by atoms with van der Waals surface area (Å²) >= 11 is 0. The summed E-state index contributed by atoms with van der Waals surface area (Å²) in [4.78, 5) is 11.0. The van der Waals surface area contributed by atoms with Crippen LogP contribution in [0.2, 0.25) is 0 Å². The van der Waals surface area contributed by atoms with Gasteiger partial charge >= 0.3 is 5.97 Å². The molecule has 0 saturated heterocycles. The summed E-state index contributed by atoms with van der Waals surface area (Å²) in [6, 6.07) is 4.58. The predicted octanol–water partition coefficient (Wildman–Crippen LogP) is 1.35. The van der Waals surface area contributed by atoms with Crippen LogP contribution in [0.3, 0.4) is 0 Å². The van der Waals surface area contributed by atoms with E-state index in [0.717, 1.165) is 0 Å². The minimum atomic E-state index is -1.10. The van der Waals surface area contributed by atoms with Gasteiger partial charge in [-0.15, -0.1) is 0 Å². The summed E-state index contributed by atoms with van der Waals surface area (Å²) < 4.78 is 19.9. The molecule has 0 aromatic heterocycles. The van der Waals surface area contributed by atoms with Gasteiger partial charge in [-0.1, -0.05) is 6.07 Å². The van der Waals surface area contributed by atoms with Crippen molar-refractivity contribution >= 4 is 5.97 Å². The topological polar surface area (TPSA) is 74.2 Å². The van der Waals surface area contributed by atoms with Crippen molar-refractivity contribution in [3.8, 4) is 11.5 Å². The van der Waals surface area contributed by atoms with E-state index in [1.165, 1.54) is 20.3 Å². The average molecular weight is 242 g/mol. The molecule has 0 aliphatic heterocycles. The third kappa shape index (κ3) is 3.61. The zero-order valence-corrected chi connectivity index (χ0v) is 9.63. The van der Waals surface area contributed by atoms with Crippen molar-refractivity contribution in [2.45, 2.75) is 0 Å². The molecule has 1 aromatic carbocycles. The van der Waals surface area contributed by atoms with Gasteiger partial charge in [0.05, 0.1) is 0 Å². The fraction of sp³-hybridized carbons (Fsp3) is 0.364. The lowest BCUT2D eigenvalue weighted by molar-refractivity contribution is 0.0308. The number of aromatic carboxylic acids is 1. The van der Waals surface area contributed by atoms with Gasteiger partial charge in [0, 0.05) is 14.2 Å². The van der Waals surface area contributed by atoms with Gasteiger partial charge < -0.3 is 24.1 Å². The minimum absolute atomic E-state index is 0.00636. The zero-order valence-electron chi connectivity index (χ0n) is 9.63. The molecular formula is C11H14O6. The highest BCUT2D eigenvalue weighted by Crippen LogP contribution is 2.31. The predicted molar refractivity (Wildman–Crippen MR) is 58.4 cm³/mol. The highest BCUT2D eigenvalue weighted by molar-refractivity contribution is 5.92. The largest absolute Gasteiger partial charge is 0.478 e. The quantitative estimate of drug-likeness (QED) is 0.727. The summed E-state index contributed by atoms with van der Waals surface area (Å²) in [5.41, 5.74) is 0.00986. The Bertz CT molecular complexity index is 376. The number of hydrogen-bond acceptors (Lipinski definition) is 5. The van der Waals surface area contributed by atoms with Gasteiger partial charge in [-0.2, -0.15) is 0 Å². The molecule has 0 spiro atoms. The normalized spacial score (nSPS) is 10.0. The molecule has 6 nitrogen and oxygen atoms in total. The van der Waals surface area contributed by atoms with Crippen molar-refractivity contribution in [3.63, 3.8) is 0 Å². The first kappa shape index (κ1) is 13.3. The van der Waals surface area contributed by atoms with Gasteiger partial charge in [0.25, 0.3) is 0 Å². The number of hydrogen-bond donors (Lipinski definition) is 1. The Kier molecular flexibility index (Phi) is 5.25. The van der Waals surface area contributed by atoms with Crippen LogP contribution in [-0.2, 0) is 9.47 Å². The number of benzene rings is 1. The highest BCUT2D eigenvalue weighted by Gasteiger charge is 2.16. The summed E-state index contributed by atoms with van der Waals surface area (Å²) in [6.07, 6.45) is 0. The van der Waals surface area contributed by atoms with Crippen molar-refractivity contribution in [2.75, 3.05) is 27.8 Å². The van der Waals surface area contributed by atoms with Crippen LogP contribution < -0.4 is 9.47 Å². The number of methoxy groups -OCH3 is 2. The molecule has 0 bridgehead atoms. The molecule has 94 valence electrons. The molecule has 0 amide bonds. The van der Waals surface area contributed by atoms with E-state index in [-0.39, 0.29) is 24.9 Å². The fourth-order valence-corrected chi connectivity index (χ4v) is 1.19. The van der Waals surface area contributed by atoms with E-state index in [1.54, 1.807) is 12.1 Å². The first-order valence-electron chi connectivity index (χ1n) is 4.80. The Labute approximate surface area is 98.7 Å². The molecule has 6 heteroatoms. The van der Waals surface area contributed by atoms with Crippen LogP contribution in [0.15, 0.2) is 18.2 Å². The van der Waals surface area contributed by atoms with Gasteiger partial charge in [-0.3, -0.25) is 0 Å². The van der Waals surface area contributed by atoms with E-state index in [2.05, 4.69) is 0 Å². The molecule has 0 atom stereocenters. The molecule has 0 saturated carbocycles. The van der Waals surface area contributed by atoms with Crippen molar-refractivity contribution < 1.29 is 28.8 Å². The Hall–Kier alpha value is -1.79. The highest BCUT2D eigenvalue weighted by atomic mass is 16.7. The molecule has 0 unspecified atom stereocenters. The average Bonchev–Trinajstić information content (AvgIpc) is 2.33. The van der Waals surface area contributed by atoms with Crippen LogP contribution in [-0.4, -0.2) is 38.9 Å². The van der Waals surface area contributed by atoms with Gasteiger partial charge in [0.1, 0.15) is 5.56 Å². The van der Waals surface area contributed by atoms with E-state index in [9.17, 15) is 4.79 Å². The maximum Gasteiger partial charge on any atom is 0.339 e. The van der Waals surface area contributed by atoms with Crippen molar-refractivity contribution in [1.29, 1.82) is 0 Å². The third-order valence-electron chi connectivity index (χ3n) is 1.86. The smallest absolute Gasteiger partial charge is 0.339 e. The molecular weight excluding hydrogens is 228 g/mol. The lowest BCUT2D eigenvalue weighted by Crippen LogP contribution is -2.08. The molecule has 0 aliphatic carbocycles. The van der Waals surface area contributed by atoms with E-state index < -0.39 is 5.97 Å². The zero-order chi connectivity index (χ0) is 12.7. The molecule has 1 aromatic rings. The third-order valence-corrected chi connectivity index (χ3v) is 1.86. The Morgan fingerprint density at radius 2 is 1.82 bits per heavy atom. The number of carboxylic acid groups (broad SMARTS) is 1. The number of para-hydroxylation sites is 1. The van der Waals surface area contributed by atoms with Crippen LogP contribution in [0.25, 0.3) is 0 Å². The summed E-state index contributed by atoms with van der Waals surface area (Å²) in [5.74, 6) is -0.679. The summed E-state index contributed by atoms with van der Waals surface area (Å²) in [7, 11) is 2.91. The van der Waals surface area contributed by atoms with Crippen molar-refractivity contribution in [2.24, 2.45) is 0 Å². The van der Waals surface area contributed by atoms with Crippen LogP contribution in [0.5, 0.6) is 11.5 Å². The molecule has 0 aliphatic rings. The second-order valence-corrected chi connectivity index (χ2v) is 3.04. The van der Waals surface area contributed by atoms with Crippen LogP contribution >= 0.6 is 0 Å². The van der Waals surface area contributed by atoms with Crippen LogP contribution in [0, 0.1) is 0 Å².